The van der Waals surface area contributed by atoms with Gasteiger partial charge in [-0.1, -0.05) is 44.4 Å². The Morgan fingerprint density at radius 2 is 1.72 bits per heavy atom. The van der Waals surface area contributed by atoms with E-state index in [4.69, 9.17) is 4.99 Å². The van der Waals surface area contributed by atoms with Gasteiger partial charge in [-0.2, -0.15) is 0 Å². The molecule has 1 aliphatic carbocycles. The van der Waals surface area contributed by atoms with Gasteiger partial charge in [-0.05, 0) is 82.6 Å². The fraction of sp³-hybridized carbons (Fsp3) is 0.464. The lowest BCUT2D eigenvalue weighted by molar-refractivity contribution is 0.279. The maximum absolute atomic E-state index is 14.4. The monoisotopic (exact) mass is 437 g/mol. The number of benzene rings is 1. The molecule has 1 N–H and O–H groups in total. The molecule has 1 saturated carbocycles. The molecular formula is C28H40FN3. The van der Waals surface area contributed by atoms with E-state index in [1.54, 1.807) is 12.1 Å². The van der Waals surface area contributed by atoms with Crippen LogP contribution in [0.2, 0.25) is 0 Å². The Morgan fingerprint density at radius 1 is 1.09 bits per heavy atom. The van der Waals surface area contributed by atoms with Gasteiger partial charge in [0.2, 0.25) is 0 Å². The first-order chi connectivity index (χ1) is 15.2. The third-order valence-corrected chi connectivity index (χ3v) is 5.88. The van der Waals surface area contributed by atoms with Crippen LogP contribution >= 0.6 is 0 Å². The van der Waals surface area contributed by atoms with E-state index in [1.807, 2.05) is 45.9 Å². The maximum Gasteiger partial charge on any atom is 0.132 e. The van der Waals surface area contributed by atoms with Crippen LogP contribution in [0.15, 0.2) is 71.4 Å². The van der Waals surface area contributed by atoms with Gasteiger partial charge in [-0.3, -0.25) is 0 Å². The summed E-state index contributed by atoms with van der Waals surface area (Å²) in [5, 5.41) is 3.22. The Hall–Kier alpha value is -2.62. The zero-order valence-electron chi connectivity index (χ0n) is 20.5. The molecule has 2 fully saturated rings. The summed E-state index contributed by atoms with van der Waals surface area (Å²) in [5.74, 6) is 1.45. The fourth-order valence-corrected chi connectivity index (χ4v) is 3.62. The van der Waals surface area contributed by atoms with E-state index in [0.717, 1.165) is 47.7 Å². The van der Waals surface area contributed by atoms with Crippen molar-refractivity contribution in [3.63, 3.8) is 0 Å². The van der Waals surface area contributed by atoms with Crippen molar-refractivity contribution in [1.29, 1.82) is 0 Å². The number of halogens is 1. The largest absolute Gasteiger partial charge is 0.386 e. The molecule has 1 aliphatic heterocycles. The van der Waals surface area contributed by atoms with E-state index in [0.29, 0.717) is 11.3 Å². The van der Waals surface area contributed by atoms with E-state index >= 15 is 0 Å². The molecule has 0 unspecified atom stereocenters. The minimum atomic E-state index is -0.256. The van der Waals surface area contributed by atoms with Crippen LogP contribution in [0.4, 0.5) is 4.39 Å². The lowest BCUT2D eigenvalue weighted by Crippen LogP contribution is -2.36. The summed E-state index contributed by atoms with van der Waals surface area (Å²) in [5.41, 5.74) is 4.03. The molecule has 0 aromatic heterocycles. The van der Waals surface area contributed by atoms with E-state index in [1.165, 1.54) is 31.7 Å². The second kappa shape index (κ2) is 12.4. The molecule has 0 bridgehead atoms. The number of likely N-dealkylation sites (tertiary alicyclic amines) is 1. The quantitative estimate of drug-likeness (QED) is 0.292. The number of piperidine rings is 1. The summed E-state index contributed by atoms with van der Waals surface area (Å²) in [6.07, 6.45) is 8.91. The zero-order chi connectivity index (χ0) is 23.7. The summed E-state index contributed by atoms with van der Waals surface area (Å²) in [7, 11) is 0. The average Bonchev–Trinajstić information content (AvgIpc) is 3.56. The van der Waals surface area contributed by atoms with Crippen LogP contribution in [0.5, 0.6) is 0 Å². The van der Waals surface area contributed by atoms with Crippen molar-refractivity contribution in [2.75, 3.05) is 13.1 Å². The molecule has 0 atom stereocenters. The Labute approximate surface area is 194 Å². The van der Waals surface area contributed by atoms with Crippen molar-refractivity contribution in [3.8, 4) is 0 Å². The highest BCUT2D eigenvalue weighted by Crippen LogP contribution is 2.28. The Balaban J connectivity index is 0.000000439. The molecule has 4 heteroatoms. The Kier molecular flexibility index (Phi) is 9.96. The summed E-state index contributed by atoms with van der Waals surface area (Å²) in [6, 6.07) is 7.59. The van der Waals surface area contributed by atoms with Crippen LogP contribution in [0, 0.1) is 11.7 Å². The van der Waals surface area contributed by atoms with Gasteiger partial charge in [-0.25, -0.2) is 9.38 Å². The Bertz CT molecular complexity index is 882. The number of rotatable bonds is 6. The molecule has 0 amide bonds. The van der Waals surface area contributed by atoms with Gasteiger partial charge in [0.15, 0.2) is 0 Å². The molecule has 1 heterocycles. The van der Waals surface area contributed by atoms with Crippen LogP contribution in [-0.4, -0.2) is 29.9 Å². The van der Waals surface area contributed by atoms with Crippen molar-refractivity contribution in [2.24, 2.45) is 10.9 Å². The van der Waals surface area contributed by atoms with Crippen LogP contribution in [0.25, 0.3) is 5.70 Å². The molecule has 1 aromatic carbocycles. The van der Waals surface area contributed by atoms with Gasteiger partial charge in [-0.15, -0.1) is 0 Å². The topological polar surface area (TPSA) is 27.6 Å². The van der Waals surface area contributed by atoms with E-state index in [-0.39, 0.29) is 5.82 Å². The van der Waals surface area contributed by atoms with Crippen LogP contribution in [-0.2, 0) is 0 Å². The normalized spacial score (nSPS) is 18.1. The SMILES string of the molecule is C=C(/C=C\C)/C(C)=C(/N=C(C)N1CCC(C)CC1)c1ccccc1F.C=C(C)NC1CC1. The van der Waals surface area contributed by atoms with Crippen molar-refractivity contribution in [2.45, 2.75) is 66.3 Å². The molecule has 3 nitrogen and oxygen atoms in total. The lowest BCUT2D eigenvalue weighted by Gasteiger charge is -2.32. The number of nitrogens with zero attached hydrogens (tertiary/aromatic N) is 2. The number of amidine groups is 1. The van der Waals surface area contributed by atoms with Gasteiger partial charge >= 0.3 is 0 Å². The highest BCUT2D eigenvalue weighted by Gasteiger charge is 2.20. The molecule has 0 spiro atoms. The third-order valence-electron chi connectivity index (χ3n) is 5.88. The second-order valence-electron chi connectivity index (χ2n) is 9.01. The maximum atomic E-state index is 14.4. The molecular weight excluding hydrogens is 397 g/mol. The molecule has 2 aliphatic rings. The molecule has 174 valence electrons. The summed E-state index contributed by atoms with van der Waals surface area (Å²) in [6.45, 7) is 20.1. The van der Waals surface area contributed by atoms with Crippen molar-refractivity contribution in [1.82, 2.24) is 10.2 Å². The van der Waals surface area contributed by atoms with Gasteiger partial charge in [0.25, 0.3) is 0 Å². The summed E-state index contributed by atoms with van der Waals surface area (Å²) >= 11 is 0. The van der Waals surface area contributed by atoms with Crippen molar-refractivity contribution >= 4 is 11.5 Å². The molecule has 1 aromatic rings. The number of nitrogens with one attached hydrogen (secondary N) is 1. The zero-order valence-corrected chi connectivity index (χ0v) is 20.5. The first-order valence-electron chi connectivity index (χ1n) is 11.7. The van der Waals surface area contributed by atoms with Gasteiger partial charge in [0, 0.05) is 30.4 Å². The molecule has 0 radical (unpaired) electrons. The standard InChI is InChI=1S/C22H29FN2.C6H11N/c1-6-9-17(3)18(4)22(20-10-7-8-11-21(20)23)24-19(5)25-14-12-16(2)13-15-25;1-5(2)7-6-3-4-6/h6-11,16H,3,12-15H2,1-2,4-5H3;6-7H,1,3-4H2,2H3/b9-6-,22-18+,24-19?;. The number of aliphatic imine (C=N–C) groups is 1. The highest BCUT2D eigenvalue weighted by atomic mass is 19.1. The smallest absolute Gasteiger partial charge is 0.132 e. The van der Waals surface area contributed by atoms with Crippen LogP contribution in [0.3, 0.4) is 0 Å². The number of hydrogen-bond donors (Lipinski definition) is 1. The minimum Gasteiger partial charge on any atom is -0.386 e. The van der Waals surface area contributed by atoms with Crippen LogP contribution in [0.1, 0.15) is 65.9 Å². The fourth-order valence-electron chi connectivity index (χ4n) is 3.62. The molecule has 32 heavy (non-hydrogen) atoms. The summed E-state index contributed by atoms with van der Waals surface area (Å²) < 4.78 is 14.4. The third kappa shape index (κ3) is 8.14. The van der Waals surface area contributed by atoms with Crippen LogP contribution < -0.4 is 5.32 Å². The van der Waals surface area contributed by atoms with E-state index < -0.39 is 0 Å². The van der Waals surface area contributed by atoms with Gasteiger partial charge in [0.1, 0.15) is 11.7 Å². The number of allylic oxidation sites excluding steroid dienone is 5. The predicted octanol–water partition coefficient (Wildman–Crippen LogP) is 7.11. The molecule has 1 saturated heterocycles. The Morgan fingerprint density at radius 3 is 2.22 bits per heavy atom. The van der Waals surface area contributed by atoms with Gasteiger partial charge in [0.05, 0.1) is 5.70 Å². The van der Waals surface area contributed by atoms with Crippen molar-refractivity contribution < 1.29 is 4.39 Å². The number of hydrogen-bond acceptors (Lipinski definition) is 2. The molecule has 3 rings (SSSR count). The van der Waals surface area contributed by atoms with E-state index in [9.17, 15) is 4.39 Å². The predicted molar refractivity (Wildman–Crippen MR) is 137 cm³/mol. The first kappa shape index (κ1) is 25.6. The summed E-state index contributed by atoms with van der Waals surface area (Å²) in [4.78, 5) is 7.15. The van der Waals surface area contributed by atoms with Gasteiger partial charge < -0.3 is 10.2 Å². The van der Waals surface area contributed by atoms with Crippen molar-refractivity contribution in [3.05, 3.63) is 77.8 Å². The van der Waals surface area contributed by atoms with E-state index in [2.05, 4.69) is 30.3 Å². The lowest BCUT2D eigenvalue weighted by atomic mass is 9.99. The average molecular weight is 438 g/mol. The highest BCUT2D eigenvalue weighted by molar-refractivity contribution is 5.88. The first-order valence-corrected chi connectivity index (χ1v) is 11.7. The second-order valence-corrected chi connectivity index (χ2v) is 9.01. The minimum absolute atomic E-state index is 0.256.